The summed E-state index contributed by atoms with van der Waals surface area (Å²) in [5.74, 6) is 0.0551. The van der Waals surface area contributed by atoms with Crippen molar-refractivity contribution in [2.45, 2.75) is 64.1 Å². The maximum Gasteiger partial charge on any atom is 0.324 e. The first-order valence-electron chi connectivity index (χ1n) is 7.66. The van der Waals surface area contributed by atoms with Crippen LogP contribution < -0.4 is 10.1 Å². The third kappa shape index (κ3) is 3.97. The second kappa shape index (κ2) is 6.48. The molecule has 2 N–H and O–H groups in total. The minimum absolute atomic E-state index is 0.0529. The van der Waals surface area contributed by atoms with Gasteiger partial charge in [-0.3, -0.25) is 10.1 Å². The highest BCUT2D eigenvalue weighted by Gasteiger charge is 2.44. The SMILES string of the molecule is Cc1cccc(OC2CCCC(NC(C)C)(C(=O)O)C2)c1. The molecule has 4 heteroatoms. The molecular formula is C17H25NO3. The molecule has 1 fully saturated rings. The topological polar surface area (TPSA) is 58.6 Å². The fraction of sp³-hybridized carbons (Fsp3) is 0.588. The lowest BCUT2D eigenvalue weighted by molar-refractivity contribution is -0.148. The summed E-state index contributed by atoms with van der Waals surface area (Å²) in [6, 6.07) is 8.05. The molecule has 1 aliphatic carbocycles. The number of carboxylic acid groups (broad SMARTS) is 1. The van der Waals surface area contributed by atoms with E-state index in [0.29, 0.717) is 12.8 Å². The van der Waals surface area contributed by atoms with E-state index in [1.807, 2.05) is 45.0 Å². The van der Waals surface area contributed by atoms with Crippen molar-refractivity contribution in [1.29, 1.82) is 0 Å². The van der Waals surface area contributed by atoms with Gasteiger partial charge in [-0.15, -0.1) is 0 Å². The smallest absolute Gasteiger partial charge is 0.324 e. The van der Waals surface area contributed by atoms with E-state index in [1.54, 1.807) is 0 Å². The van der Waals surface area contributed by atoms with Crippen LogP contribution in [0.5, 0.6) is 5.75 Å². The molecule has 1 saturated carbocycles. The third-order valence-electron chi connectivity index (χ3n) is 3.97. The Kier molecular flexibility index (Phi) is 4.88. The molecule has 1 aliphatic rings. The predicted octanol–water partition coefficient (Wildman–Crippen LogP) is 3.14. The van der Waals surface area contributed by atoms with E-state index in [9.17, 15) is 9.90 Å². The van der Waals surface area contributed by atoms with Crippen molar-refractivity contribution in [1.82, 2.24) is 5.32 Å². The van der Waals surface area contributed by atoms with E-state index in [-0.39, 0.29) is 12.1 Å². The van der Waals surface area contributed by atoms with Crippen LogP contribution in [0.3, 0.4) is 0 Å². The summed E-state index contributed by atoms with van der Waals surface area (Å²) >= 11 is 0. The standard InChI is InChI=1S/C17H25NO3/c1-12(2)18-17(16(19)20)9-5-8-15(11-17)21-14-7-4-6-13(3)10-14/h4,6-7,10,12,15,18H,5,8-9,11H2,1-3H3,(H,19,20). The van der Waals surface area contributed by atoms with Crippen molar-refractivity contribution in [2.75, 3.05) is 0 Å². The number of carbonyl (C=O) groups is 1. The first-order chi connectivity index (χ1) is 9.91. The highest BCUT2D eigenvalue weighted by atomic mass is 16.5. The van der Waals surface area contributed by atoms with Crippen molar-refractivity contribution in [3.05, 3.63) is 29.8 Å². The number of aryl methyl sites for hydroxylation is 1. The molecule has 0 aromatic heterocycles. The average Bonchev–Trinajstić information content (AvgIpc) is 2.38. The van der Waals surface area contributed by atoms with Crippen LogP contribution in [0.2, 0.25) is 0 Å². The van der Waals surface area contributed by atoms with E-state index < -0.39 is 11.5 Å². The monoisotopic (exact) mass is 291 g/mol. The lowest BCUT2D eigenvalue weighted by Gasteiger charge is -2.39. The molecule has 21 heavy (non-hydrogen) atoms. The van der Waals surface area contributed by atoms with Gasteiger partial charge in [0.25, 0.3) is 0 Å². The summed E-state index contributed by atoms with van der Waals surface area (Å²) in [4.78, 5) is 11.7. The van der Waals surface area contributed by atoms with Crippen molar-refractivity contribution in [3.63, 3.8) is 0 Å². The van der Waals surface area contributed by atoms with Crippen LogP contribution in [0.25, 0.3) is 0 Å². The normalized spacial score (nSPS) is 25.8. The third-order valence-corrected chi connectivity index (χ3v) is 3.97. The van der Waals surface area contributed by atoms with E-state index >= 15 is 0 Å². The Morgan fingerprint density at radius 3 is 2.86 bits per heavy atom. The summed E-state index contributed by atoms with van der Waals surface area (Å²) in [5.41, 5.74) is 0.286. The second-order valence-corrected chi connectivity index (χ2v) is 6.34. The summed E-state index contributed by atoms with van der Waals surface area (Å²) in [7, 11) is 0. The quantitative estimate of drug-likeness (QED) is 0.875. The molecule has 2 unspecified atom stereocenters. The Hall–Kier alpha value is -1.55. The van der Waals surface area contributed by atoms with Crippen LogP contribution in [0.4, 0.5) is 0 Å². The van der Waals surface area contributed by atoms with Gasteiger partial charge in [0.1, 0.15) is 17.4 Å². The van der Waals surface area contributed by atoms with E-state index in [1.165, 1.54) is 0 Å². The maximum atomic E-state index is 11.7. The number of nitrogens with one attached hydrogen (secondary N) is 1. The van der Waals surface area contributed by atoms with Gasteiger partial charge in [-0.25, -0.2) is 0 Å². The molecule has 2 atom stereocenters. The minimum Gasteiger partial charge on any atom is -0.490 e. The van der Waals surface area contributed by atoms with Crippen molar-refractivity contribution < 1.29 is 14.6 Å². The van der Waals surface area contributed by atoms with Gasteiger partial charge in [0, 0.05) is 12.5 Å². The van der Waals surface area contributed by atoms with Crippen molar-refractivity contribution in [2.24, 2.45) is 0 Å². The largest absolute Gasteiger partial charge is 0.490 e. The maximum absolute atomic E-state index is 11.7. The number of hydrogen-bond donors (Lipinski definition) is 2. The zero-order valence-electron chi connectivity index (χ0n) is 13.1. The predicted molar refractivity (Wildman–Crippen MR) is 82.7 cm³/mol. The number of hydrogen-bond acceptors (Lipinski definition) is 3. The molecule has 2 rings (SSSR count). The number of aliphatic carboxylic acids is 1. The van der Waals surface area contributed by atoms with E-state index in [4.69, 9.17) is 4.74 Å². The van der Waals surface area contributed by atoms with Gasteiger partial charge in [0.05, 0.1) is 0 Å². The Labute approximate surface area is 126 Å². The van der Waals surface area contributed by atoms with Gasteiger partial charge in [-0.2, -0.15) is 0 Å². The van der Waals surface area contributed by atoms with Crippen LogP contribution in [0, 0.1) is 6.92 Å². The molecule has 0 heterocycles. The van der Waals surface area contributed by atoms with Gasteiger partial charge in [0.2, 0.25) is 0 Å². The molecule has 1 aromatic carbocycles. The number of benzene rings is 1. The van der Waals surface area contributed by atoms with Crippen LogP contribution >= 0.6 is 0 Å². The number of rotatable bonds is 5. The zero-order chi connectivity index (χ0) is 15.5. The van der Waals surface area contributed by atoms with Gasteiger partial charge >= 0.3 is 5.97 Å². The van der Waals surface area contributed by atoms with Crippen LogP contribution in [0.15, 0.2) is 24.3 Å². The van der Waals surface area contributed by atoms with Gasteiger partial charge in [-0.1, -0.05) is 12.1 Å². The molecule has 1 aromatic rings. The van der Waals surface area contributed by atoms with Crippen LogP contribution in [-0.2, 0) is 4.79 Å². The molecule has 0 aliphatic heterocycles. The molecule has 0 bridgehead atoms. The molecular weight excluding hydrogens is 266 g/mol. The molecule has 0 radical (unpaired) electrons. The number of ether oxygens (including phenoxy) is 1. The lowest BCUT2D eigenvalue weighted by atomic mass is 9.79. The first-order valence-corrected chi connectivity index (χ1v) is 7.66. The zero-order valence-corrected chi connectivity index (χ0v) is 13.1. The molecule has 0 saturated heterocycles. The van der Waals surface area contributed by atoms with E-state index in [0.717, 1.165) is 24.2 Å². The summed E-state index contributed by atoms with van der Waals surface area (Å²) in [6.07, 6.45) is 2.89. The summed E-state index contributed by atoms with van der Waals surface area (Å²) < 4.78 is 6.02. The van der Waals surface area contributed by atoms with Gasteiger partial charge < -0.3 is 9.84 Å². The lowest BCUT2D eigenvalue weighted by Crippen LogP contribution is -2.58. The van der Waals surface area contributed by atoms with E-state index in [2.05, 4.69) is 5.32 Å². The van der Waals surface area contributed by atoms with Crippen molar-refractivity contribution in [3.8, 4) is 5.75 Å². The highest BCUT2D eigenvalue weighted by Crippen LogP contribution is 2.32. The molecule has 0 spiro atoms. The number of carboxylic acids is 1. The molecule has 0 amide bonds. The second-order valence-electron chi connectivity index (χ2n) is 6.34. The minimum atomic E-state index is -0.860. The average molecular weight is 291 g/mol. The summed E-state index contributed by atoms with van der Waals surface area (Å²) in [6.45, 7) is 5.99. The Morgan fingerprint density at radius 2 is 2.24 bits per heavy atom. The molecule has 4 nitrogen and oxygen atoms in total. The molecule has 116 valence electrons. The Morgan fingerprint density at radius 1 is 1.48 bits per heavy atom. The highest BCUT2D eigenvalue weighted by molar-refractivity contribution is 5.79. The summed E-state index contributed by atoms with van der Waals surface area (Å²) in [5, 5.41) is 12.9. The fourth-order valence-corrected chi connectivity index (χ4v) is 3.15. The van der Waals surface area contributed by atoms with Gasteiger partial charge in [0.15, 0.2) is 0 Å². The van der Waals surface area contributed by atoms with Crippen molar-refractivity contribution >= 4 is 5.97 Å². The van der Waals surface area contributed by atoms with Gasteiger partial charge in [-0.05, 0) is 57.7 Å². The fourth-order valence-electron chi connectivity index (χ4n) is 3.15. The Bertz CT molecular complexity index is 501. The first kappa shape index (κ1) is 15.8. The van der Waals surface area contributed by atoms with Crippen LogP contribution in [0.1, 0.15) is 45.1 Å². The Balaban J connectivity index is 2.10. The van der Waals surface area contributed by atoms with Crippen LogP contribution in [-0.4, -0.2) is 28.8 Å².